The molecular weight excluding hydrogens is 440 g/mol. The Morgan fingerprint density at radius 1 is 1.29 bits per heavy atom. The molecule has 0 bridgehead atoms. The van der Waals surface area contributed by atoms with Gasteiger partial charge in [0.25, 0.3) is 0 Å². The molecule has 186 valence electrons. The van der Waals surface area contributed by atoms with Crippen LogP contribution in [0.5, 0.6) is 5.75 Å². The van der Waals surface area contributed by atoms with Crippen LogP contribution in [0.4, 0.5) is 10.5 Å². The smallest absolute Gasteiger partial charge is 0.341 e. The van der Waals surface area contributed by atoms with E-state index in [9.17, 15) is 14.4 Å². The normalized spacial score (nSPS) is 15.6. The number of hydrogen-bond acceptors (Lipinski definition) is 8. The van der Waals surface area contributed by atoms with E-state index in [-0.39, 0.29) is 19.0 Å². The third-order valence-corrected chi connectivity index (χ3v) is 6.13. The van der Waals surface area contributed by atoms with Crippen LogP contribution in [0.1, 0.15) is 46.8 Å². The van der Waals surface area contributed by atoms with Gasteiger partial charge in [-0.1, -0.05) is 11.6 Å². The highest BCUT2D eigenvalue weighted by atomic mass is 16.5. The van der Waals surface area contributed by atoms with Crippen molar-refractivity contribution >= 4 is 23.7 Å². The molecule has 0 spiro atoms. The number of urea groups is 1. The molecule has 0 saturated carbocycles. The van der Waals surface area contributed by atoms with E-state index in [2.05, 4.69) is 20.9 Å². The number of esters is 2. The number of allylic oxidation sites excluding steroid dienone is 2. The van der Waals surface area contributed by atoms with Gasteiger partial charge in [-0.25, -0.2) is 9.59 Å². The van der Waals surface area contributed by atoms with E-state index in [0.29, 0.717) is 47.6 Å². The highest BCUT2D eigenvalue weighted by Crippen LogP contribution is 2.41. The molecule has 2 aliphatic heterocycles. The van der Waals surface area contributed by atoms with E-state index in [0.717, 1.165) is 37.4 Å². The van der Waals surface area contributed by atoms with E-state index in [1.807, 2.05) is 19.9 Å². The monoisotopic (exact) mass is 474 g/mol. The molecule has 3 N–H and O–H groups in total. The van der Waals surface area contributed by atoms with Gasteiger partial charge >= 0.3 is 18.0 Å². The van der Waals surface area contributed by atoms with E-state index in [4.69, 9.17) is 14.2 Å². The zero-order valence-corrected chi connectivity index (χ0v) is 20.3. The molecule has 1 fully saturated rings. The van der Waals surface area contributed by atoms with Crippen molar-refractivity contribution in [1.82, 2.24) is 15.5 Å². The van der Waals surface area contributed by atoms with Gasteiger partial charge in [0, 0.05) is 50.9 Å². The molecular formula is C24H34N4O6. The molecule has 0 aliphatic carbocycles. The van der Waals surface area contributed by atoms with E-state index < -0.39 is 12.0 Å². The number of hydrogen-bond donors (Lipinski definition) is 3. The summed E-state index contributed by atoms with van der Waals surface area (Å²) >= 11 is 0. The second-order valence-electron chi connectivity index (χ2n) is 8.40. The number of nitrogens with zero attached hydrogens (tertiary/aromatic N) is 1. The lowest BCUT2D eigenvalue weighted by Crippen LogP contribution is -2.27. The standard InChI is InChI=1S/C24H34N4O6/c1-15(6-8-19(29)33-12-11-28-10-9-26-14-28)5-7-17-21(27-24(31)25-3)20-18(13-34-23(20)30)16(2)22(17)32-4/h5,26H,6-14H2,1-4H3,(H2,25,27,31)/b15-5+. The van der Waals surface area contributed by atoms with Gasteiger partial charge in [-0.05, 0) is 32.3 Å². The Morgan fingerprint density at radius 3 is 2.76 bits per heavy atom. The molecule has 10 nitrogen and oxygen atoms in total. The van der Waals surface area contributed by atoms with E-state index in [1.165, 1.54) is 7.05 Å². The fraction of sp³-hybridized carbons (Fsp3) is 0.542. The van der Waals surface area contributed by atoms with Crippen molar-refractivity contribution in [2.24, 2.45) is 0 Å². The second kappa shape index (κ2) is 11.8. The molecule has 1 saturated heterocycles. The van der Waals surface area contributed by atoms with Crippen molar-refractivity contribution in [1.29, 1.82) is 0 Å². The maximum atomic E-state index is 12.4. The number of carbonyl (C=O) groups is 3. The van der Waals surface area contributed by atoms with Gasteiger partial charge in [0.15, 0.2) is 0 Å². The van der Waals surface area contributed by atoms with Crippen LogP contribution in [-0.4, -0.2) is 69.9 Å². The third kappa shape index (κ3) is 6.06. The number of anilines is 1. The first kappa shape index (κ1) is 25.5. The number of rotatable bonds is 10. The van der Waals surface area contributed by atoms with Crippen molar-refractivity contribution in [2.75, 3.05) is 52.4 Å². The Kier molecular flexibility index (Phi) is 8.89. The summed E-state index contributed by atoms with van der Waals surface area (Å²) in [6, 6.07) is -0.442. The Bertz CT molecular complexity index is 969. The van der Waals surface area contributed by atoms with Crippen LogP contribution >= 0.6 is 0 Å². The van der Waals surface area contributed by atoms with Crippen LogP contribution in [0.3, 0.4) is 0 Å². The van der Waals surface area contributed by atoms with Crippen LogP contribution in [0.15, 0.2) is 11.6 Å². The Balaban J connectivity index is 1.69. The average Bonchev–Trinajstić information content (AvgIpc) is 3.48. The number of benzene rings is 1. The largest absolute Gasteiger partial charge is 0.496 e. The molecule has 1 aromatic rings. The highest BCUT2D eigenvalue weighted by Gasteiger charge is 2.32. The number of carbonyl (C=O) groups excluding carboxylic acids is 3. The summed E-state index contributed by atoms with van der Waals surface area (Å²) in [5.41, 5.74) is 3.95. The molecule has 34 heavy (non-hydrogen) atoms. The number of fused-ring (bicyclic) bond motifs is 1. The summed E-state index contributed by atoms with van der Waals surface area (Å²) in [6.07, 6.45) is 3.22. The number of amides is 2. The quantitative estimate of drug-likeness (QED) is 0.349. The van der Waals surface area contributed by atoms with Gasteiger partial charge in [-0.3, -0.25) is 9.69 Å². The van der Waals surface area contributed by atoms with E-state index in [1.54, 1.807) is 7.11 Å². The lowest BCUT2D eigenvalue weighted by molar-refractivity contribution is -0.143. The van der Waals surface area contributed by atoms with Gasteiger partial charge in [0.05, 0.1) is 18.4 Å². The van der Waals surface area contributed by atoms with Crippen molar-refractivity contribution in [3.63, 3.8) is 0 Å². The zero-order valence-electron chi connectivity index (χ0n) is 20.3. The number of methoxy groups -OCH3 is 1. The number of cyclic esters (lactones) is 1. The van der Waals surface area contributed by atoms with Crippen molar-refractivity contribution in [3.8, 4) is 5.75 Å². The minimum atomic E-state index is -0.471. The Morgan fingerprint density at radius 2 is 2.09 bits per heavy atom. The van der Waals surface area contributed by atoms with Crippen molar-refractivity contribution in [3.05, 3.63) is 33.9 Å². The van der Waals surface area contributed by atoms with Gasteiger partial charge in [-0.15, -0.1) is 0 Å². The van der Waals surface area contributed by atoms with Crippen LogP contribution in [0, 0.1) is 6.92 Å². The maximum Gasteiger partial charge on any atom is 0.341 e. The molecule has 3 rings (SSSR count). The summed E-state index contributed by atoms with van der Waals surface area (Å²) < 4.78 is 16.2. The minimum Gasteiger partial charge on any atom is -0.496 e. The molecule has 0 radical (unpaired) electrons. The lowest BCUT2D eigenvalue weighted by Gasteiger charge is -2.19. The SMILES string of the molecule is CNC(=O)Nc1c(C/C=C(\C)CCC(=O)OCCN2CCNC2)c(OC)c(C)c2c1C(=O)OC2. The van der Waals surface area contributed by atoms with Crippen LogP contribution in [-0.2, 0) is 27.3 Å². The maximum absolute atomic E-state index is 12.4. The summed E-state index contributed by atoms with van der Waals surface area (Å²) in [5.74, 6) is -0.0968. The molecule has 2 amide bonds. The van der Waals surface area contributed by atoms with Crippen LogP contribution in [0.2, 0.25) is 0 Å². The van der Waals surface area contributed by atoms with Crippen molar-refractivity contribution < 1.29 is 28.6 Å². The molecule has 1 aromatic carbocycles. The summed E-state index contributed by atoms with van der Waals surface area (Å²) in [7, 11) is 3.06. The first-order chi connectivity index (χ1) is 16.3. The third-order valence-electron chi connectivity index (χ3n) is 6.13. The fourth-order valence-electron chi connectivity index (χ4n) is 4.15. The van der Waals surface area contributed by atoms with Gasteiger partial charge in [0.2, 0.25) is 0 Å². The summed E-state index contributed by atoms with van der Waals surface area (Å²) in [6.45, 7) is 7.85. The first-order valence-corrected chi connectivity index (χ1v) is 11.5. The molecule has 0 aromatic heterocycles. The predicted molar refractivity (Wildman–Crippen MR) is 127 cm³/mol. The Hall–Kier alpha value is -3.11. The fourth-order valence-corrected chi connectivity index (χ4v) is 4.15. The molecule has 2 heterocycles. The van der Waals surface area contributed by atoms with Crippen LogP contribution in [0.25, 0.3) is 0 Å². The van der Waals surface area contributed by atoms with Gasteiger partial charge in [-0.2, -0.15) is 0 Å². The lowest BCUT2D eigenvalue weighted by atomic mass is 9.93. The molecule has 0 unspecified atom stereocenters. The summed E-state index contributed by atoms with van der Waals surface area (Å²) in [5, 5.41) is 8.53. The molecule has 10 heteroatoms. The highest BCUT2D eigenvalue weighted by molar-refractivity contribution is 6.05. The Labute approximate surface area is 200 Å². The molecule has 2 aliphatic rings. The first-order valence-electron chi connectivity index (χ1n) is 11.5. The summed E-state index contributed by atoms with van der Waals surface area (Å²) in [4.78, 5) is 38.9. The van der Waals surface area contributed by atoms with Crippen LogP contribution < -0.4 is 20.7 Å². The molecule has 0 atom stereocenters. The predicted octanol–water partition coefficient (Wildman–Crippen LogP) is 2.10. The van der Waals surface area contributed by atoms with Gasteiger partial charge < -0.3 is 30.2 Å². The average molecular weight is 475 g/mol. The minimum absolute atomic E-state index is 0.143. The number of ether oxygens (including phenoxy) is 3. The zero-order chi connectivity index (χ0) is 24.7. The van der Waals surface area contributed by atoms with Crippen molar-refractivity contribution in [2.45, 2.75) is 39.7 Å². The topological polar surface area (TPSA) is 118 Å². The van der Waals surface area contributed by atoms with E-state index >= 15 is 0 Å². The second-order valence-corrected chi connectivity index (χ2v) is 8.40. The van der Waals surface area contributed by atoms with Gasteiger partial charge in [0.1, 0.15) is 19.0 Å². The number of nitrogens with one attached hydrogen (secondary N) is 3.